The molecule has 1 N–H and O–H groups in total. The van der Waals surface area contributed by atoms with Gasteiger partial charge in [-0.2, -0.15) is 4.98 Å². The number of hydrogen-bond donors (Lipinski definition) is 1. The van der Waals surface area contributed by atoms with Gasteiger partial charge in [-0.25, -0.2) is 9.97 Å². The Bertz CT molecular complexity index is 1150. The fourth-order valence-corrected chi connectivity index (χ4v) is 3.96. The van der Waals surface area contributed by atoms with Crippen LogP contribution in [0, 0.1) is 12.8 Å². The number of aromatic nitrogens is 4. The molecule has 2 aliphatic heterocycles. The number of amides is 1. The van der Waals surface area contributed by atoms with Gasteiger partial charge in [-0.15, -0.1) is 0 Å². The molecule has 166 valence electrons. The Kier molecular flexibility index (Phi) is 5.34. The largest absolute Gasteiger partial charge is 0.454 e. The van der Waals surface area contributed by atoms with E-state index in [0.717, 1.165) is 19.4 Å². The summed E-state index contributed by atoms with van der Waals surface area (Å²) in [5.41, 5.74) is 1.37. The fourth-order valence-electron chi connectivity index (χ4n) is 3.96. The zero-order valence-electron chi connectivity index (χ0n) is 18.0. The molecule has 5 rings (SSSR count). The molecule has 4 heterocycles. The van der Waals surface area contributed by atoms with E-state index in [-0.39, 0.29) is 18.6 Å². The Morgan fingerprint density at radius 1 is 1.25 bits per heavy atom. The molecule has 0 saturated carbocycles. The Morgan fingerprint density at radius 3 is 2.97 bits per heavy atom. The maximum atomic E-state index is 13.0. The van der Waals surface area contributed by atoms with E-state index >= 15 is 0 Å². The zero-order valence-corrected chi connectivity index (χ0v) is 18.0. The summed E-state index contributed by atoms with van der Waals surface area (Å²) in [6.07, 6.45) is 4.05. The first kappa shape index (κ1) is 20.2. The van der Waals surface area contributed by atoms with Crippen LogP contribution in [0.3, 0.4) is 0 Å². The summed E-state index contributed by atoms with van der Waals surface area (Å²) >= 11 is 0. The number of benzene rings is 1. The van der Waals surface area contributed by atoms with E-state index in [2.05, 4.69) is 30.3 Å². The van der Waals surface area contributed by atoms with Gasteiger partial charge in [0.2, 0.25) is 12.7 Å². The number of nitrogens with one attached hydrogen (secondary N) is 1. The van der Waals surface area contributed by atoms with Crippen LogP contribution in [0.5, 0.6) is 11.5 Å². The number of ether oxygens (including phenoxy) is 2. The van der Waals surface area contributed by atoms with Crippen molar-refractivity contribution in [2.24, 2.45) is 5.92 Å². The third-order valence-corrected chi connectivity index (χ3v) is 5.64. The van der Waals surface area contributed by atoms with E-state index in [4.69, 9.17) is 14.0 Å². The second-order valence-corrected chi connectivity index (χ2v) is 7.87. The number of fused-ring (bicyclic) bond motifs is 1. The van der Waals surface area contributed by atoms with Crippen LogP contribution in [0.1, 0.15) is 31.4 Å². The van der Waals surface area contributed by atoms with Crippen LogP contribution in [0.25, 0.3) is 11.5 Å². The van der Waals surface area contributed by atoms with Crippen molar-refractivity contribution in [3.63, 3.8) is 0 Å². The molecule has 0 spiro atoms. The summed E-state index contributed by atoms with van der Waals surface area (Å²) in [6.45, 7) is 5.33. The second kappa shape index (κ2) is 8.45. The van der Waals surface area contributed by atoms with Gasteiger partial charge in [-0.05, 0) is 31.9 Å². The predicted octanol–water partition coefficient (Wildman–Crippen LogP) is 2.98. The average Bonchev–Trinajstić information content (AvgIpc) is 3.48. The lowest BCUT2D eigenvalue weighted by atomic mass is 9.96. The number of carbonyl (C=O) groups is 1. The third-order valence-electron chi connectivity index (χ3n) is 5.64. The molecular formula is C22H24N6O4. The number of carbonyl (C=O) groups excluding carboxylic acids is 1. The van der Waals surface area contributed by atoms with Crippen molar-refractivity contribution in [2.75, 3.05) is 30.1 Å². The van der Waals surface area contributed by atoms with Crippen molar-refractivity contribution in [1.82, 2.24) is 20.1 Å². The van der Waals surface area contributed by atoms with Crippen molar-refractivity contribution in [2.45, 2.75) is 33.1 Å². The molecular weight excluding hydrogens is 412 g/mol. The first-order chi connectivity index (χ1) is 15.6. The highest BCUT2D eigenvalue weighted by molar-refractivity contribution is 5.93. The molecule has 1 aromatic carbocycles. The van der Waals surface area contributed by atoms with Crippen LogP contribution in [0.2, 0.25) is 0 Å². The molecule has 2 aliphatic rings. The number of anilines is 2. The maximum absolute atomic E-state index is 13.0. The lowest BCUT2D eigenvalue weighted by Gasteiger charge is -2.33. The SMILES string of the molecule is CCc1noc(-c2cnc(C)nc2N2CCCC(C(=O)Nc3ccc4c(c3)OCO4)C2)n1. The van der Waals surface area contributed by atoms with E-state index in [1.165, 1.54) is 0 Å². The van der Waals surface area contributed by atoms with Crippen molar-refractivity contribution >= 4 is 17.4 Å². The third kappa shape index (κ3) is 3.95. The molecule has 1 unspecified atom stereocenters. The number of piperidine rings is 1. The highest BCUT2D eigenvalue weighted by Crippen LogP contribution is 2.35. The minimum absolute atomic E-state index is 0.0352. The van der Waals surface area contributed by atoms with E-state index in [9.17, 15) is 4.79 Å². The summed E-state index contributed by atoms with van der Waals surface area (Å²) in [4.78, 5) is 28.5. The Labute approximate surface area is 185 Å². The molecule has 10 heteroatoms. The molecule has 0 aliphatic carbocycles. The molecule has 3 aromatic rings. The molecule has 0 bridgehead atoms. The molecule has 1 atom stereocenters. The van der Waals surface area contributed by atoms with Crippen molar-refractivity contribution in [3.8, 4) is 23.0 Å². The van der Waals surface area contributed by atoms with Crippen molar-refractivity contribution in [3.05, 3.63) is 36.0 Å². The molecule has 2 aromatic heterocycles. The Hall–Kier alpha value is -3.69. The van der Waals surface area contributed by atoms with E-state index in [1.54, 1.807) is 18.3 Å². The number of aryl methyl sites for hydroxylation is 2. The summed E-state index contributed by atoms with van der Waals surface area (Å²) in [6, 6.07) is 5.41. The molecule has 32 heavy (non-hydrogen) atoms. The van der Waals surface area contributed by atoms with Gasteiger partial charge in [0.15, 0.2) is 17.3 Å². The maximum Gasteiger partial charge on any atom is 0.263 e. The summed E-state index contributed by atoms with van der Waals surface area (Å²) in [5, 5.41) is 7.00. The average molecular weight is 436 g/mol. The van der Waals surface area contributed by atoms with Gasteiger partial charge in [-0.3, -0.25) is 4.79 Å². The highest BCUT2D eigenvalue weighted by Gasteiger charge is 2.29. The highest BCUT2D eigenvalue weighted by atomic mass is 16.7. The first-order valence-corrected chi connectivity index (χ1v) is 10.7. The second-order valence-electron chi connectivity index (χ2n) is 7.87. The van der Waals surface area contributed by atoms with Gasteiger partial charge in [0.25, 0.3) is 5.89 Å². The van der Waals surface area contributed by atoms with Gasteiger partial charge >= 0.3 is 0 Å². The normalized spacial score (nSPS) is 17.4. The quantitative estimate of drug-likeness (QED) is 0.644. The van der Waals surface area contributed by atoms with Crippen LogP contribution in [0.15, 0.2) is 28.9 Å². The smallest absolute Gasteiger partial charge is 0.263 e. The van der Waals surface area contributed by atoms with Gasteiger partial charge in [0, 0.05) is 37.5 Å². The van der Waals surface area contributed by atoms with Crippen LogP contribution in [0.4, 0.5) is 11.5 Å². The molecule has 1 fully saturated rings. The minimum atomic E-state index is -0.189. The minimum Gasteiger partial charge on any atom is -0.454 e. The Morgan fingerprint density at radius 2 is 2.12 bits per heavy atom. The summed E-state index contributed by atoms with van der Waals surface area (Å²) in [7, 11) is 0. The van der Waals surface area contributed by atoms with Crippen LogP contribution < -0.4 is 19.7 Å². The lowest BCUT2D eigenvalue weighted by molar-refractivity contribution is -0.120. The molecule has 10 nitrogen and oxygen atoms in total. The van der Waals surface area contributed by atoms with E-state index in [0.29, 0.717) is 59.1 Å². The number of hydrogen-bond acceptors (Lipinski definition) is 9. The zero-order chi connectivity index (χ0) is 22.1. The fraction of sp³-hybridized carbons (Fsp3) is 0.409. The first-order valence-electron chi connectivity index (χ1n) is 10.7. The standard InChI is InChI=1S/C22H24N6O4/c1-3-19-26-22(32-27-19)16-10-23-13(2)24-20(16)28-8-4-5-14(11-28)21(29)25-15-6-7-17-18(9-15)31-12-30-17/h6-7,9-10,14H,3-5,8,11-12H2,1-2H3,(H,25,29). The van der Waals surface area contributed by atoms with Gasteiger partial charge in [0.05, 0.1) is 5.92 Å². The van der Waals surface area contributed by atoms with Crippen LogP contribution in [-0.2, 0) is 11.2 Å². The van der Waals surface area contributed by atoms with Gasteiger partial charge < -0.3 is 24.2 Å². The summed E-state index contributed by atoms with van der Waals surface area (Å²) in [5.74, 6) is 3.48. The van der Waals surface area contributed by atoms with E-state index < -0.39 is 0 Å². The van der Waals surface area contributed by atoms with Crippen LogP contribution >= 0.6 is 0 Å². The molecule has 0 radical (unpaired) electrons. The molecule has 1 saturated heterocycles. The summed E-state index contributed by atoms with van der Waals surface area (Å²) < 4.78 is 16.2. The molecule has 1 amide bonds. The van der Waals surface area contributed by atoms with Crippen LogP contribution in [-0.4, -0.2) is 45.9 Å². The number of nitrogens with zero attached hydrogens (tertiary/aromatic N) is 5. The van der Waals surface area contributed by atoms with Crippen molar-refractivity contribution < 1.29 is 18.8 Å². The topological polar surface area (TPSA) is 116 Å². The monoisotopic (exact) mass is 436 g/mol. The van der Waals surface area contributed by atoms with Gasteiger partial charge in [-0.1, -0.05) is 12.1 Å². The lowest BCUT2D eigenvalue weighted by Crippen LogP contribution is -2.41. The Balaban J connectivity index is 1.35. The van der Waals surface area contributed by atoms with Crippen molar-refractivity contribution in [1.29, 1.82) is 0 Å². The predicted molar refractivity (Wildman–Crippen MR) is 116 cm³/mol. The van der Waals surface area contributed by atoms with E-state index in [1.807, 2.05) is 19.9 Å². The van der Waals surface area contributed by atoms with Gasteiger partial charge in [0.1, 0.15) is 17.2 Å². The number of rotatable bonds is 5.